The quantitative estimate of drug-likeness (QED) is 0.519. The van der Waals surface area contributed by atoms with Crippen molar-refractivity contribution in [2.45, 2.75) is 57.3 Å². The fourth-order valence-electron chi connectivity index (χ4n) is 5.27. The Hall–Kier alpha value is -3.99. The molecule has 0 bridgehead atoms. The summed E-state index contributed by atoms with van der Waals surface area (Å²) in [6.45, 7) is 4.33. The van der Waals surface area contributed by atoms with Gasteiger partial charge in [0.25, 0.3) is 11.8 Å². The van der Waals surface area contributed by atoms with Crippen LogP contribution in [0.3, 0.4) is 0 Å². The van der Waals surface area contributed by atoms with Crippen LogP contribution >= 0.6 is 0 Å². The molecule has 0 aliphatic carbocycles. The van der Waals surface area contributed by atoms with Crippen molar-refractivity contribution in [3.8, 4) is 17.2 Å². The smallest absolute Gasteiger partial charge is 0.255 e. The highest BCUT2D eigenvalue weighted by Crippen LogP contribution is 2.36. The third-order valence-electron chi connectivity index (χ3n) is 7.10. The number of carbonyl (C=O) groups excluding carboxylic acids is 2. The van der Waals surface area contributed by atoms with Gasteiger partial charge < -0.3 is 19.7 Å². The molecule has 1 N–H and O–H groups in total. The predicted octanol–water partition coefficient (Wildman–Crippen LogP) is 4.73. The molecule has 2 heterocycles. The maximum absolute atomic E-state index is 13.7. The van der Waals surface area contributed by atoms with Gasteiger partial charge in [-0.2, -0.15) is 5.26 Å². The van der Waals surface area contributed by atoms with Crippen molar-refractivity contribution in [1.29, 1.82) is 5.26 Å². The Morgan fingerprint density at radius 3 is 2.39 bits per heavy atom. The molecule has 0 saturated carbocycles. The normalized spacial score (nSPS) is 22.1. The van der Waals surface area contributed by atoms with E-state index < -0.39 is 18.0 Å². The minimum Gasteiger partial charge on any atom is -0.350 e. The average molecular weight is 510 g/mol. The van der Waals surface area contributed by atoms with Gasteiger partial charge in [0.2, 0.25) is 0 Å². The third kappa shape index (κ3) is 5.33. The van der Waals surface area contributed by atoms with Crippen molar-refractivity contribution in [2.75, 3.05) is 6.54 Å². The van der Waals surface area contributed by atoms with E-state index in [1.54, 1.807) is 19.9 Å². The second kappa shape index (κ2) is 10.8. The van der Waals surface area contributed by atoms with Gasteiger partial charge in [-0.15, -0.1) is 0 Å². The first kappa shape index (κ1) is 25.7. The Labute approximate surface area is 223 Å². The van der Waals surface area contributed by atoms with Crippen LogP contribution < -0.4 is 5.32 Å². The van der Waals surface area contributed by atoms with Crippen LogP contribution in [0.2, 0.25) is 0 Å². The predicted molar refractivity (Wildman–Crippen MR) is 142 cm³/mol. The zero-order valence-electron chi connectivity index (χ0n) is 21.6. The highest BCUT2D eigenvalue weighted by molar-refractivity contribution is 5.92. The Morgan fingerprint density at radius 1 is 0.974 bits per heavy atom. The maximum atomic E-state index is 13.7. The van der Waals surface area contributed by atoms with Gasteiger partial charge in [-0.3, -0.25) is 9.59 Å². The minimum atomic E-state index is -1.06. The Bertz CT molecular complexity index is 1350. The van der Waals surface area contributed by atoms with Gasteiger partial charge >= 0.3 is 0 Å². The molecule has 0 radical (unpaired) electrons. The van der Waals surface area contributed by atoms with Crippen LogP contribution in [0.4, 0.5) is 0 Å². The summed E-state index contributed by atoms with van der Waals surface area (Å²) in [5.41, 5.74) is 4.37. The highest BCUT2D eigenvalue weighted by Gasteiger charge is 2.51. The van der Waals surface area contributed by atoms with Crippen LogP contribution in [-0.4, -0.2) is 41.3 Å². The SMILES string of the molecule is CC1(C)O[C@@H](C(=O)NCc2ccc(-c3ccccc3C#N)cc2)[C@H](C(=O)N2CCCC2c2ccccc2)O1. The standard InChI is InChI=1S/C31H31N3O4/c1-31(2)37-27(28(38-31)30(36)34-18-8-13-26(34)23-9-4-3-5-10-23)29(35)33-20-21-14-16-22(17-15-21)25-12-7-6-11-24(25)19-32/h3-7,9-12,14-17,26-28H,8,13,18,20H2,1-2H3,(H,33,35)/t26?,27-,28-/m1/s1. The second-order valence-electron chi connectivity index (χ2n) is 10.1. The van der Waals surface area contributed by atoms with Crippen LogP contribution in [0, 0.1) is 11.3 Å². The van der Waals surface area contributed by atoms with Crippen molar-refractivity contribution in [3.63, 3.8) is 0 Å². The van der Waals surface area contributed by atoms with Crippen LogP contribution in [0.15, 0.2) is 78.9 Å². The fraction of sp³-hybridized carbons (Fsp3) is 0.323. The molecule has 3 atom stereocenters. The summed E-state index contributed by atoms with van der Waals surface area (Å²) < 4.78 is 11.9. The number of amides is 2. The number of hydrogen-bond acceptors (Lipinski definition) is 5. The zero-order valence-corrected chi connectivity index (χ0v) is 21.6. The van der Waals surface area contributed by atoms with E-state index in [-0.39, 0.29) is 24.4 Å². The lowest BCUT2D eigenvalue weighted by atomic mass is 9.99. The van der Waals surface area contributed by atoms with Gasteiger partial charge in [0.05, 0.1) is 17.7 Å². The number of carbonyl (C=O) groups is 2. The Morgan fingerprint density at radius 2 is 1.66 bits per heavy atom. The van der Waals surface area contributed by atoms with Crippen molar-refractivity contribution < 1.29 is 19.1 Å². The molecule has 38 heavy (non-hydrogen) atoms. The molecule has 194 valence electrons. The lowest BCUT2D eigenvalue weighted by molar-refractivity contribution is -0.163. The van der Waals surface area contributed by atoms with Crippen LogP contribution in [0.25, 0.3) is 11.1 Å². The Balaban J connectivity index is 1.26. The van der Waals surface area contributed by atoms with Crippen molar-refractivity contribution >= 4 is 11.8 Å². The van der Waals surface area contributed by atoms with E-state index >= 15 is 0 Å². The largest absolute Gasteiger partial charge is 0.350 e. The molecule has 2 saturated heterocycles. The van der Waals surface area contributed by atoms with Crippen molar-refractivity contribution in [2.24, 2.45) is 0 Å². The van der Waals surface area contributed by atoms with Gasteiger partial charge in [-0.1, -0.05) is 72.8 Å². The number of nitrogens with one attached hydrogen (secondary N) is 1. The van der Waals surface area contributed by atoms with Crippen LogP contribution in [-0.2, 0) is 25.6 Å². The number of likely N-dealkylation sites (tertiary alicyclic amines) is 1. The highest BCUT2D eigenvalue weighted by atomic mass is 16.8. The molecular weight excluding hydrogens is 478 g/mol. The van der Waals surface area contributed by atoms with E-state index in [0.717, 1.165) is 35.1 Å². The first-order chi connectivity index (χ1) is 18.4. The summed E-state index contributed by atoms with van der Waals surface area (Å²) in [5, 5.41) is 12.3. The molecule has 1 unspecified atom stereocenters. The minimum absolute atomic E-state index is 0.0376. The van der Waals surface area contributed by atoms with E-state index in [2.05, 4.69) is 11.4 Å². The topological polar surface area (TPSA) is 91.7 Å². The summed E-state index contributed by atoms with van der Waals surface area (Å²) in [7, 11) is 0. The van der Waals surface area contributed by atoms with Crippen LogP contribution in [0.1, 0.15) is 49.4 Å². The van der Waals surface area contributed by atoms with Gasteiger partial charge in [0.1, 0.15) is 0 Å². The molecule has 7 heteroatoms. The molecule has 5 rings (SSSR count). The molecule has 3 aromatic rings. The molecule has 3 aromatic carbocycles. The van der Waals surface area contributed by atoms with Crippen molar-refractivity contribution in [3.05, 3.63) is 95.6 Å². The molecule has 0 spiro atoms. The number of rotatable bonds is 6. The first-order valence-corrected chi connectivity index (χ1v) is 12.9. The number of nitriles is 1. The van der Waals surface area contributed by atoms with Gasteiger partial charge in [-0.05, 0) is 55.0 Å². The van der Waals surface area contributed by atoms with Crippen molar-refractivity contribution in [1.82, 2.24) is 10.2 Å². The Kier molecular flexibility index (Phi) is 7.28. The lowest BCUT2D eigenvalue weighted by Crippen LogP contribution is -2.49. The summed E-state index contributed by atoms with van der Waals surface area (Å²) in [6.07, 6.45) is -0.290. The van der Waals surface area contributed by atoms with E-state index in [1.807, 2.05) is 77.7 Å². The molecule has 7 nitrogen and oxygen atoms in total. The molecule has 0 aromatic heterocycles. The van der Waals surface area contributed by atoms with E-state index in [4.69, 9.17) is 9.47 Å². The monoisotopic (exact) mass is 509 g/mol. The summed E-state index contributed by atoms with van der Waals surface area (Å²) in [4.78, 5) is 28.7. The number of ether oxygens (including phenoxy) is 2. The maximum Gasteiger partial charge on any atom is 0.255 e. The van der Waals surface area contributed by atoms with E-state index in [9.17, 15) is 14.9 Å². The van der Waals surface area contributed by atoms with Gasteiger partial charge in [-0.25, -0.2) is 0 Å². The number of benzene rings is 3. The summed E-state index contributed by atoms with van der Waals surface area (Å²) in [5.74, 6) is -1.66. The zero-order chi connectivity index (χ0) is 26.7. The first-order valence-electron chi connectivity index (χ1n) is 12.9. The third-order valence-corrected chi connectivity index (χ3v) is 7.10. The molecule has 2 amide bonds. The van der Waals surface area contributed by atoms with Gasteiger partial charge in [0.15, 0.2) is 18.0 Å². The number of hydrogen-bond donors (Lipinski definition) is 1. The fourth-order valence-corrected chi connectivity index (χ4v) is 5.27. The number of nitrogens with zero attached hydrogens (tertiary/aromatic N) is 2. The van der Waals surface area contributed by atoms with E-state index in [1.165, 1.54) is 0 Å². The van der Waals surface area contributed by atoms with Crippen LogP contribution in [0.5, 0.6) is 0 Å². The lowest BCUT2D eigenvalue weighted by Gasteiger charge is -2.28. The summed E-state index contributed by atoms with van der Waals surface area (Å²) >= 11 is 0. The molecule has 2 aliphatic heterocycles. The molecule has 2 fully saturated rings. The average Bonchev–Trinajstić information content (AvgIpc) is 3.56. The molecular formula is C31H31N3O4. The van der Waals surface area contributed by atoms with E-state index in [0.29, 0.717) is 12.1 Å². The van der Waals surface area contributed by atoms with Gasteiger partial charge in [0, 0.05) is 13.1 Å². The second-order valence-corrected chi connectivity index (χ2v) is 10.1. The summed E-state index contributed by atoms with van der Waals surface area (Å²) in [6, 6.07) is 27.3. The molecule has 2 aliphatic rings.